The summed E-state index contributed by atoms with van der Waals surface area (Å²) in [4.78, 5) is 39.4. The molecular weight excluding hydrogens is 977 g/mol. The number of aliphatic hydroxyl groups is 1. The predicted molar refractivity (Wildman–Crippen MR) is 341 cm³/mol. The van der Waals surface area contributed by atoms with Crippen molar-refractivity contribution in [3.8, 4) is 0 Å². The zero-order valence-corrected chi connectivity index (χ0v) is 54.3. The number of rotatable bonds is 65. The first-order valence-corrected chi connectivity index (χ1v) is 35.7. The van der Waals surface area contributed by atoms with Crippen molar-refractivity contribution in [1.82, 2.24) is 0 Å². The van der Waals surface area contributed by atoms with Crippen LogP contribution in [0.2, 0.25) is 0 Å². The van der Waals surface area contributed by atoms with Gasteiger partial charge in [0.25, 0.3) is 0 Å². The number of ether oxygens (including phenoxy) is 3. The van der Waals surface area contributed by atoms with E-state index in [4.69, 9.17) is 14.2 Å². The molecule has 470 valence electrons. The minimum atomic E-state index is -2.31. The fourth-order valence-corrected chi connectivity index (χ4v) is 11.4. The maximum absolute atomic E-state index is 13.4. The lowest BCUT2D eigenvalue weighted by Gasteiger charge is -2.24. The summed E-state index contributed by atoms with van der Waals surface area (Å²) in [5, 5.41) is 11.6. The van der Waals surface area contributed by atoms with Crippen molar-refractivity contribution in [2.24, 2.45) is 17.8 Å². The van der Waals surface area contributed by atoms with Crippen LogP contribution < -0.4 is 0 Å². The summed E-state index contributed by atoms with van der Waals surface area (Å²) in [7, 11) is 0. The van der Waals surface area contributed by atoms with E-state index in [0.29, 0.717) is 6.42 Å². The summed E-state index contributed by atoms with van der Waals surface area (Å²) >= 11 is 0. The van der Waals surface area contributed by atoms with Crippen LogP contribution in [-0.2, 0) is 28.6 Å². The second-order valence-electron chi connectivity index (χ2n) is 26.5. The third kappa shape index (κ3) is 60.8. The van der Waals surface area contributed by atoms with Crippen LogP contribution in [0.5, 0.6) is 0 Å². The summed E-state index contributed by atoms with van der Waals surface area (Å²) < 4.78 is 16.6. The smallest absolute Gasteiger partial charge is 0.339 e. The highest BCUT2D eigenvalue weighted by Crippen LogP contribution is 2.23. The van der Waals surface area contributed by atoms with Crippen LogP contribution >= 0.6 is 0 Å². The third-order valence-corrected chi connectivity index (χ3v) is 16.8. The van der Waals surface area contributed by atoms with E-state index in [1.807, 2.05) is 0 Å². The molecule has 7 nitrogen and oxygen atoms in total. The van der Waals surface area contributed by atoms with E-state index in [-0.39, 0.29) is 19.8 Å². The van der Waals surface area contributed by atoms with Gasteiger partial charge in [-0.3, -0.25) is 9.59 Å². The van der Waals surface area contributed by atoms with Crippen molar-refractivity contribution in [2.75, 3.05) is 19.8 Å². The molecule has 0 aromatic carbocycles. The Morgan fingerprint density at radius 2 is 0.405 bits per heavy atom. The van der Waals surface area contributed by atoms with Crippen LogP contribution in [-0.4, -0.2) is 48.4 Å². The molecule has 0 amide bonds. The summed E-state index contributed by atoms with van der Waals surface area (Å²) in [5.41, 5.74) is -2.31. The molecule has 0 fully saturated rings. The van der Waals surface area contributed by atoms with Crippen LogP contribution in [0, 0.1) is 17.8 Å². The third-order valence-electron chi connectivity index (χ3n) is 16.8. The normalized spacial score (nSPS) is 11.9. The Bertz CT molecular complexity index is 1200. The minimum absolute atomic E-state index is 0.154. The number of hydrogen-bond donors (Lipinski definition) is 1. The summed E-state index contributed by atoms with van der Waals surface area (Å²) in [6.07, 6.45) is 68.2. The number of carbonyl (C=O) groups is 3. The molecule has 0 aromatic rings. The molecule has 0 heterocycles. The Labute approximate surface area is 493 Å². The van der Waals surface area contributed by atoms with Crippen molar-refractivity contribution in [2.45, 2.75) is 407 Å². The van der Waals surface area contributed by atoms with Gasteiger partial charge in [0.1, 0.15) is 0 Å². The molecule has 0 saturated heterocycles. The van der Waals surface area contributed by atoms with E-state index < -0.39 is 36.4 Å². The highest BCUT2D eigenvalue weighted by Gasteiger charge is 2.43. The molecule has 0 aliphatic rings. The molecule has 0 spiro atoms. The summed E-state index contributed by atoms with van der Waals surface area (Å²) in [6.45, 7) is 14.6. The molecule has 7 heteroatoms. The fraction of sp³-hybridized carbons (Fsp3) is 0.958. The van der Waals surface area contributed by atoms with Gasteiger partial charge in [0.2, 0.25) is 0 Å². The summed E-state index contributed by atoms with van der Waals surface area (Å²) in [5.74, 6) is 0.235. The minimum Gasteiger partial charge on any atom is -0.466 e. The monoisotopic (exact) mass is 1120 g/mol. The van der Waals surface area contributed by atoms with Gasteiger partial charge in [0.05, 0.1) is 32.7 Å². The highest BCUT2D eigenvalue weighted by atomic mass is 16.6. The van der Waals surface area contributed by atoms with Gasteiger partial charge in [0, 0.05) is 0 Å². The Morgan fingerprint density at radius 1 is 0.253 bits per heavy atom. The largest absolute Gasteiger partial charge is 0.466 e. The lowest BCUT2D eigenvalue weighted by Crippen LogP contribution is -2.45. The standard InChI is InChI=1S/C72H140O7/c1-66(2)58-52-46-40-34-28-22-16-10-7-13-19-25-31-37-43-49-55-61-77-69(73)64-72(76,71(75)79-63-57-51-45-39-33-27-21-15-9-12-18-24-30-36-42-48-54-60-68(5)6)65-70(74)78-62-56-50-44-38-32-26-20-14-8-11-17-23-29-35-41-47-53-59-67(3)4/h66-68,76H,7-65H2,1-6H3. The molecule has 0 atom stereocenters. The number of unbranched alkanes of at least 4 members (excludes halogenated alkanes) is 48. The van der Waals surface area contributed by atoms with Gasteiger partial charge in [-0.25, -0.2) is 4.79 Å². The quantitative estimate of drug-likeness (QED) is 0.0368. The van der Waals surface area contributed by atoms with Gasteiger partial charge in [-0.2, -0.15) is 0 Å². The maximum atomic E-state index is 13.4. The average molecular weight is 1120 g/mol. The number of carbonyl (C=O) groups excluding carboxylic acids is 3. The molecule has 79 heavy (non-hydrogen) atoms. The topological polar surface area (TPSA) is 99.1 Å². The first kappa shape index (κ1) is 77.4. The molecule has 0 bridgehead atoms. The van der Waals surface area contributed by atoms with Crippen molar-refractivity contribution in [1.29, 1.82) is 0 Å². The number of esters is 3. The van der Waals surface area contributed by atoms with Crippen molar-refractivity contribution < 1.29 is 33.7 Å². The lowest BCUT2D eigenvalue weighted by molar-refractivity contribution is -0.178. The molecule has 1 N–H and O–H groups in total. The van der Waals surface area contributed by atoms with E-state index in [2.05, 4.69) is 41.5 Å². The Morgan fingerprint density at radius 3 is 0.582 bits per heavy atom. The van der Waals surface area contributed by atoms with Crippen LogP contribution in [0.3, 0.4) is 0 Å². The molecule has 0 saturated carbocycles. The highest BCUT2D eigenvalue weighted by molar-refractivity contribution is 5.90. The van der Waals surface area contributed by atoms with Gasteiger partial charge >= 0.3 is 17.9 Å². The first-order valence-electron chi connectivity index (χ1n) is 35.7. The Balaban J connectivity index is 4.39. The van der Waals surface area contributed by atoms with E-state index in [9.17, 15) is 19.5 Å². The van der Waals surface area contributed by atoms with Crippen LogP contribution in [0.25, 0.3) is 0 Å². The second kappa shape index (κ2) is 60.9. The fourth-order valence-electron chi connectivity index (χ4n) is 11.4. The average Bonchev–Trinajstić information content (AvgIpc) is 3.41. The number of hydrogen-bond acceptors (Lipinski definition) is 7. The van der Waals surface area contributed by atoms with Crippen molar-refractivity contribution in [3.05, 3.63) is 0 Å². The van der Waals surface area contributed by atoms with Crippen molar-refractivity contribution >= 4 is 17.9 Å². The molecule has 0 radical (unpaired) electrons. The zero-order valence-electron chi connectivity index (χ0n) is 54.3. The maximum Gasteiger partial charge on any atom is 0.339 e. The van der Waals surface area contributed by atoms with Gasteiger partial charge in [0.15, 0.2) is 5.60 Å². The Hall–Kier alpha value is -1.63. The van der Waals surface area contributed by atoms with Crippen LogP contribution in [0.4, 0.5) is 0 Å². The predicted octanol–water partition coefficient (Wildman–Crippen LogP) is 23.2. The van der Waals surface area contributed by atoms with Crippen LogP contribution in [0.1, 0.15) is 401 Å². The van der Waals surface area contributed by atoms with Gasteiger partial charge < -0.3 is 19.3 Å². The molecule has 0 aromatic heterocycles. The molecule has 0 unspecified atom stereocenters. The molecule has 0 aliphatic heterocycles. The van der Waals surface area contributed by atoms with Gasteiger partial charge in [-0.15, -0.1) is 0 Å². The molecular formula is C72H140O7. The molecule has 0 rings (SSSR count). The van der Waals surface area contributed by atoms with Gasteiger partial charge in [-0.1, -0.05) is 369 Å². The van der Waals surface area contributed by atoms with Crippen molar-refractivity contribution in [3.63, 3.8) is 0 Å². The van der Waals surface area contributed by atoms with E-state index >= 15 is 0 Å². The Kier molecular flexibility index (Phi) is 59.7. The lowest BCUT2D eigenvalue weighted by atomic mass is 9.95. The van der Waals surface area contributed by atoms with E-state index in [1.54, 1.807) is 0 Å². The van der Waals surface area contributed by atoms with Crippen LogP contribution in [0.15, 0.2) is 0 Å². The summed E-state index contributed by atoms with van der Waals surface area (Å²) in [6, 6.07) is 0. The molecule has 0 aliphatic carbocycles. The first-order chi connectivity index (χ1) is 38.5. The zero-order chi connectivity index (χ0) is 57.8. The van der Waals surface area contributed by atoms with E-state index in [0.717, 1.165) is 69.1 Å². The van der Waals surface area contributed by atoms with Gasteiger partial charge in [-0.05, 0) is 37.0 Å². The SMILES string of the molecule is CC(C)CCCCCCCCCCCCCCCCCCCOC(=O)CC(O)(CC(=O)OCCCCCCCCCCCCCCCCCCCC(C)C)C(=O)OCCCCCCCCCCCCCCCCCCCC(C)C. The van der Waals surface area contributed by atoms with E-state index in [1.165, 1.54) is 289 Å². The second-order valence-corrected chi connectivity index (χ2v) is 26.5.